The zero-order valence-electron chi connectivity index (χ0n) is 36.0. The number of fused-ring (bicyclic) bond motifs is 8. The van der Waals surface area contributed by atoms with Gasteiger partial charge < -0.3 is 4.42 Å². The van der Waals surface area contributed by atoms with Crippen LogP contribution in [0.15, 0.2) is 186 Å². The minimum absolute atomic E-state index is 0.0578. The summed E-state index contributed by atoms with van der Waals surface area (Å²) in [4.78, 5) is 0. The number of rotatable bonds is 3. The fourth-order valence-electron chi connectivity index (χ4n) is 7.95. The minimum atomic E-state index is -0.531. The van der Waals surface area contributed by atoms with Crippen molar-refractivity contribution >= 4 is 75.8 Å². The van der Waals surface area contributed by atoms with Gasteiger partial charge in [0.15, 0.2) is 0 Å². The number of benzene rings is 10. The smallest absolute Gasteiger partial charge is 0.136 e. The molecule has 10 aromatic carbocycles. The Balaban J connectivity index is 1.19. The summed E-state index contributed by atoms with van der Waals surface area (Å²) < 4.78 is 85.4. The molecule has 51 heavy (non-hydrogen) atoms. The van der Waals surface area contributed by atoms with Crippen molar-refractivity contribution in [2.45, 2.75) is 0 Å². The van der Waals surface area contributed by atoms with E-state index in [1.807, 2.05) is 24.3 Å². The lowest BCUT2D eigenvalue weighted by Gasteiger charge is -2.19. The molecule has 0 atom stereocenters. The van der Waals surface area contributed by atoms with Crippen molar-refractivity contribution in [3.05, 3.63) is 182 Å². The maximum absolute atomic E-state index is 9.35. The van der Waals surface area contributed by atoms with Crippen LogP contribution in [0.25, 0.3) is 109 Å². The zero-order chi connectivity index (χ0) is 41.3. The summed E-state index contributed by atoms with van der Waals surface area (Å²) >= 11 is 0. The summed E-state index contributed by atoms with van der Waals surface area (Å²) in [7, 11) is 0. The van der Waals surface area contributed by atoms with Crippen LogP contribution in [-0.4, -0.2) is 0 Å². The van der Waals surface area contributed by atoms with Crippen LogP contribution in [0, 0.1) is 0 Å². The highest BCUT2D eigenvalue weighted by atomic mass is 16.3. The Labute approximate surface area is 307 Å². The molecule has 0 fully saturated rings. The second-order valence-corrected chi connectivity index (χ2v) is 12.9. The molecule has 1 nitrogen and oxygen atoms in total. The molecule has 1 heterocycles. The van der Waals surface area contributed by atoms with Crippen LogP contribution in [0.2, 0.25) is 0 Å². The highest BCUT2D eigenvalue weighted by Gasteiger charge is 2.19. The van der Waals surface area contributed by atoms with Crippen LogP contribution in [-0.2, 0) is 0 Å². The van der Waals surface area contributed by atoms with Gasteiger partial charge in [0, 0.05) is 10.8 Å². The van der Waals surface area contributed by atoms with Crippen LogP contribution in [0.3, 0.4) is 0 Å². The van der Waals surface area contributed by atoms with Crippen LogP contribution < -0.4 is 0 Å². The molecule has 0 spiro atoms. The molecule has 0 bridgehead atoms. The van der Waals surface area contributed by atoms with Crippen LogP contribution in [0.5, 0.6) is 0 Å². The van der Waals surface area contributed by atoms with Crippen LogP contribution >= 0.6 is 0 Å². The van der Waals surface area contributed by atoms with E-state index in [0.717, 1.165) is 49.0 Å². The molecular weight excluding hydrogens is 617 g/mol. The van der Waals surface area contributed by atoms with Crippen molar-refractivity contribution in [3.8, 4) is 33.4 Å². The maximum atomic E-state index is 9.35. The van der Waals surface area contributed by atoms with Gasteiger partial charge in [0.1, 0.15) is 11.2 Å². The fraction of sp³-hybridized carbons (Fsp3) is 0. The van der Waals surface area contributed by atoms with Gasteiger partial charge in [-0.1, -0.05) is 158 Å². The lowest BCUT2D eigenvalue weighted by molar-refractivity contribution is 0.669. The summed E-state index contributed by atoms with van der Waals surface area (Å²) in [6.07, 6.45) is 0. The quantitative estimate of drug-likeness (QED) is 0.173. The Hall–Kier alpha value is -6.70. The first-order valence-corrected chi connectivity index (χ1v) is 16.9. The molecule has 236 valence electrons. The maximum Gasteiger partial charge on any atom is 0.136 e. The zero-order valence-corrected chi connectivity index (χ0v) is 27.0. The molecule has 0 aliphatic rings. The van der Waals surface area contributed by atoms with Crippen molar-refractivity contribution in [1.82, 2.24) is 0 Å². The van der Waals surface area contributed by atoms with Crippen molar-refractivity contribution in [1.29, 1.82) is 0 Å². The van der Waals surface area contributed by atoms with E-state index in [0.29, 0.717) is 5.56 Å². The third-order valence-corrected chi connectivity index (χ3v) is 10.1. The van der Waals surface area contributed by atoms with Crippen LogP contribution in [0.4, 0.5) is 0 Å². The van der Waals surface area contributed by atoms with Gasteiger partial charge in [-0.15, -0.1) is 0 Å². The number of hydrogen-bond donors (Lipinski definition) is 0. The van der Waals surface area contributed by atoms with Crippen LogP contribution in [0.1, 0.15) is 12.3 Å². The van der Waals surface area contributed by atoms with Gasteiger partial charge in [-0.3, -0.25) is 0 Å². The summed E-state index contributed by atoms with van der Waals surface area (Å²) in [5, 5.41) is 8.33. The number of hydrogen-bond acceptors (Lipinski definition) is 1. The van der Waals surface area contributed by atoms with Gasteiger partial charge in [0.05, 0.1) is 12.3 Å². The summed E-state index contributed by atoms with van der Waals surface area (Å²) in [6.45, 7) is 0. The topological polar surface area (TPSA) is 13.1 Å². The van der Waals surface area contributed by atoms with Gasteiger partial charge in [0.25, 0.3) is 0 Å². The monoisotopic (exact) mass is 655 g/mol. The highest BCUT2D eigenvalue weighted by Crippen LogP contribution is 2.46. The average Bonchev–Trinajstić information content (AvgIpc) is 3.68. The SMILES string of the molecule is [2H]c1c([2H])c(-c2cccc3cc(-c4c5ccccc5c(-c5cccc6ccccc56)c5ccccc45)ccc23)c2c(oc3c([2H])c4c([2H])c([2H])c([2H])c([2H])c4c([2H])c32)c1[2H]. The van der Waals surface area contributed by atoms with Gasteiger partial charge in [-0.05, 0) is 111 Å². The third-order valence-electron chi connectivity index (χ3n) is 10.1. The van der Waals surface area contributed by atoms with Gasteiger partial charge in [-0.25, -0.2) is 0 Å². The normalized spacial score (nSPS) is 14.4. The molecule has 11 aromatic rings. The lowest BCUT2D eigenvalue weighted by Crippen LogP contribution is -1.92. The highest BCUT2D eigenvalue weighted by molar-refractivity contribution is 6.24. The lowest BCUT2D eigenvalue weighted by atomic mass is 9.84. The van der Waals surface area contributed by atoms with Crippen molar-refractivity contribution < 1.29 is 16.8 Å². The Bertz CT molecular complexity index is 3660. The van der Waals surface area contributed by atoms with E-state index in [4.69, 9.17) is 14.0 Å². The summed E-state index contributed by atoms with van der Waals surface area (Å²) in [6, 6.07) is 40.1. The van der Waals surface area contributed by atoms with Gasteiger partial charge in [-0.2, -0.15) is 0 Å². The molecule has 0 aliphatic heterocycles. The first kappa shape index (κ1) is 20.7. The predicted molar refractivity (Wildman–Crippen MR) is 218 cm³/mol. The Morgan fingerprint density at radius 1 is 0.373 bits per heavy atom. The van der Waals surface area contributed by atoms with E-state index in [2.05, 4.69) is 103 Å². The molecule has 0 N–H and O–H groups in total. The van der Waals surface area contributed by atoms with E-state index in [-0.39, 0.29) is 68.5 Å². The van der Waals surface area contributed by atoms with E-state index < -0.39 is 24.2 Å². The molecular formula is C50H30O. The summed E-state index contributed by atoms with van der Waals surface area (Å²) in [5.41, 5.74) is 4.96. The van der Waals surface area contributed by atoms with Gasteiger partial charge in [0.2, 0.25) is 0 Å². The molecule has 0 amide bonds. The fourth-order valence-corrected chi connectivity index (χ4v) is 7.95. The Morgan fingerprint density at radius 3 is 1.75 bits per heavy atom. The average molecular weight is 656 g/mol. The predicted octanol–water partition coefficient (Wildman–Crippen LogP) is 14.4. The molecule has 0 saturated heterocycles. The second-order valence-electron chi connectivity index (χ2n) is 12.9. The Morgan fingerprint density at radius 2 is 0.980 bits per heavy atom. The van der Waals surface area contributed by atoms with Crippen molar-refractivity contribution in [2.75, 3.05) is 0 Å². The molecule has 11 rings (SSSR count). The standard InChI is InChI=1S/C50H30O/c1-2-14-33-30-47-45(29-32(33)13-1)50-40(24-11-25-46(50)51-47)38-22-10-16-34-28-35(26-27-37(34)38)48-41-18-5-7-20-43(41)49(44-21-8-6-19-42(44)48)39-23-9-15-31-12-3-4-17-36(31)39/h1-30H/i1D,2D,11D,13D,14D,24D,25D,29D,30D. The minimum Gasteiger partial charge on any atom is -0.456 e. The first-order valence-electron chi connectivity index (χ1n) is 21.4. The largest absolute Gasteiger partial charge is 0.456 e. The van der Waals surface area contributed by atoms with E-state index in [9.17, 15) is 2.74 Å². The van der Waals surface area contributed by atoms with E-state index in [1.165, 1.54) is 16.3 Å². The summed E-state index contributed by atoms with van der Waals surface area (Å²) in [5.74, 6) is 0. The molecule has 0 aliphatic carbocycles. The first-order chi connectivity index (χ1) is 29.1. The van der Waals surface area contributed by atoms with E-state index >= 15 is 0 Å². The Kier molecular flexibility index (Phi) is 4.43. The van der Waals surface area contributed by atoms with E-state index in [1.54, 1.807) is 0 Å². The molecule has 1 aromatic heterocycles. The van der Waals surface area contributed by atoms with Crippen molar-refractivity contribution in [2.24, 2.45) is 0 Å². The second kappa shape index (κ2) is 10.9. The molecule has 0 unspecified atom stereocenters. The molecule has 0 radical (unpaired) electrons. The van der Waals surface area contributed by atoms with Crippen molar-refractivity contribution in [3.63, 3.8) is 0 Å². The third kappa shape index (κ3) is 4.22. The number of furan rings is 1. The molecule has 1 heteroatoms. The van der Waals surface area contributed by atoms with Gasteiger partial charge >= 0.3 is 0 Å². The molecule has 0 saturated carbocycles.